The van der Waals surface area contributed by atoms with E-state index in [1.807, 2.05) is 13.8 Å². The van der Waals surface area contributed by atoms with Gasteiger partial charge in [0.05, 0.1) is 12.5 Å². The van der Waals surface area contributed by atoms with Crippen molar-refractivity contribution in [1.29, 1.82) is 0 Å². The van der Waals surface area contributed by atoms with Crippen LogP contribution in [0, 0.1) is 5.92 Å². The maximum Gasteiger partial charge on any atom is 0.305 e. The SMILES string of the molecule is CCCC(CCC)C(=O)N[C@@H](CC(=O)O)C(=O)N1CCC[C@H]1C=O. The maximum absolute atomic E-state index is 12.6. The largest absolute Gasteiger partial charge is 0.481 e. The van der Waals surface area contributed by atoms with E-state index in [9.17, 15) is 19.2 Å². The van der Waals surface area contributed by atoms with Gasteiger partial charge in [-0.2, -0.15) is 0 Å². The fraction of sp³-hybridized carbons (Fsp3) is 0.765. The second kappa shape index (κ2) is 10.1. The van der Waals surface area contributed by atoms with Crippen LogP contribution in [0.25, 0.3) is 0 Å². The van der Waals surface area contributed by atoms with Gasteiger partial charge in [-0.15, -0.1) is 0 Å². The van der Waals surface area contributed by atoms with Gasteiger partial charge in [0.1, 0.15) is 12.3 Å². The molecule has 2 N–H and O–H groups in total. The minimum Gasteiger partial charge on any atom is -0.481 e. The molecule has 0 aromatic heterocycles. The Balaban J connectivity index is 2.83. The number of aliphatic carboxylic acids is 1. The molecule has 0 aromatic rings. The van der Waals surface area contributed by atoms with Crippen molar-refractivity contribution < 1.29 is 24.3 Å². The van der Waals surface area contributed by atoms with Crippen LogP contribution in [0.1, 0.15) is 58.8 Å². The van der Waals surface area contributed by atoms with E-state index in [0.717, 1.165) is 12.8 Å². The van der Waals surface area contributed by atoms with Gasteiger partial charge in [0.25, 0.3) is 0 Å². The molecule has 0 aliphatic carbocycles. The highest BCUT2D eigenvalue weighted by Crippen LogP contribution is 2.19. The molecule has 0 spiro atoms. The first-order valence-corrected chi connectivity index (χ1v) is 8.72. The second-order valence-electron chi connectivity index (χ2n) is 6.31. The Morgan fingerprint density at radius 1 is 1.25 bits per heavy atom. The van der Waals surface area contributed by atoms with Crippen molar-refractivity contribution in [2.45, 2.75) is 70.9 Å². The molecule has 1 fully saturated rings. The lowest BCUT2D eigenvalue weighted by Gasteiger charge is -2.27. The van der Waals surface area contributed by atoms with Gasteiger partial charge in [0.15, 0.2) is 0 Å². The predicted octanol–water partition coefficient (Wildman–Crippen LogP) is 1.35. The highest BCUT2D eigenvalue weighted by molar-refractivity contribution is 5.92. The number of amides is 2. The van der Waals surface area contributed by atoms with E-state index in [0.29, 0.717) is 38.5 Å². The topological polar surface area (TPSA) is 104 Å². The average Bonchev–Trinajstić information content (AvgIpc) is 3.01. The van der Waals surface area contributed by atoms with Gasteiger partial charge in [0.2, 0.25) is 11.8 Å². The molecule has 24 heavy (non-hydrogen) atoms. The Morgan fingerprint density at radius 3 is 2.38 bits per heavy atom. The third kappa shape index (κ3) is 5.62. The minimum atomic E-state index is -1.15. The van der Waals surface area contributed by atoms with Crippen LogP contribution >= 0.6 is 0 Å². The van der Waals surface area contributed by atoms with Crippen LogP contribution in [0.3, 0.4) is 0 Å². The fourth-order valence-corrected chi connectivity index (χ4v) is 3.18. The third-order valence-corrected chi connectivity index (χ3v) is 4.38. The summed E-state index contributed by atoms with van der Waals surface area (Å²) < 4.78 is 0. The number of nitrogens with one attached hydrogen (secondary N) is 1. The number of hydrogen-bond acceptors (Lipinski definition) is 4. The molecule has 0 aromatic carbocycles. The van der Waals surface area contributed by atoms with E-state index in [1.54, 1.807) is 0 Å². The molecule has 1 aliphatic heterocycles. The summed E-state index contributed by atoms with van der Waals surface area (Å²) in [5, 5.41) is 11.7. The molecular weight excluding hydrogens is 312 g/mol. The number of carbonyl (C=O) groups is 4. The monoisotopic (exact) mass is 340 g/mol. The molecule has 0 bridgehead atoms. The van der Waals surface area contributed by atoms with Crippen molar-refractivity contribution in [2.75, 3.05) is 6.54 Å². The summed E-state index contributed by atoms with van der Waals surface area (Å²) in [5.74, 6) is -2.13. The Bertz CT molecular complexity index is 460. The molecule has 7 heteroatoms. The van der Waals surface area contributed by atoms with E-state index in [4.69, 9.17) is 5.11 Å². The maximum atomic E-state index is 12.6. The molecule has 2 amide bonds. The van der Waals surface area contributed by atoms with Crippen LogP contribution in [-0.2, 0) is 19.2 Å². The van der Waals surface area contributed by atoms with Crippen molar-refractivity contribution in [3.63, 3.8) is 0 Å². The highest BCUT2D eigenvalue weighted by Gasteiger charge is 2.35. The van der Waals surface area contributed by atoms with E-state index >= 15 is 0 Å². The summed E-state index contributed by atoms with van der Waals surface area (Å²) in [6.07, 6.45) is 4.61. The molecule has 1 rings (SSSR count). The normalized spacial score (nSPS) is 18.5. The summed E-state index contributed by atoms with van der Waals surface area (Å²) in [6, 6.07) is -1.64. The third-order valence-electron chi connectivity index (χ3n) is 4.38. The van der Waals surface area contributed by atoms with Gasteiger partial charge in [-0.3, -0.25) is 14.4 Å². The van der Waals surface area contributed by atoms with Crippen LogP contribution in [-0.4, -0.2) is 52.7 Å². The fourth-order valence-electron chi connectivity index (χ4n) is 3.18. The highest BCUT2D eigenvalue weighted by atomic mass is 16.4. The van der Waals surface area contributed by atoms with Crippen molar-refractivity contribution in [3.8, 4) is 0 Å². The Hall–Kier alpha value is -1.92. The first-order chi connectivity index (χ1) is 11.4. The lowest BCUT2D eigenvalue weighted by molar-refractivity contribution is -0.145. The number of carboxylic acid groups (broad SMARTS) is 1. The molecule has 2 atom stereocenters. The summed E-state index contributed by atoms with van der Waals surface area (Å²) >= 11 is 0. The second-order valence-corrected chi connectivity index (χ2v) is 6.31. The number of aldehydes is 1. The molecule has 1 aliphatic rings. The van der Waals surface area contributed by atoms with Crippen LogP contribution in [0.15, 0.2) is 0 Å². The van der Waals surface area contributed by atoms with Gasteiger partial charge in [-0.25, -0.2) is 0 Å². The van der Waals surface area contributed by atoms with Gasteiger partial charge in [-0.1, -0.05) is 26.7 Å². The van der Waals surface area contributed by atoms with Gasteiger partial charge in [-0.05, 0) is 25.7 Å². The van der Waals surface area contributed by atoms with Crippen LogP contribution in [0.2, 0.25) is 0 Å². The Morgan fingerprint density at radius 2 is 1.88 bits per heavy atom. The summed E-state index contributed by atoms with van der Waals surface area (Å²) in [4.78, 5) is 48.6. The average molecular weight is 340 g/mol. The number of nitrogens with zero attached hydrogens (tertiary/aromatic N) is 1. The zero-order valence-corrected chi connectivity index (χ0v) is 14.5. The molecule has 7 nitrogen and oxygen atoms in total. The lowest BCUT2D eigenvalue weighted by atomic mass is 9.96. The summed E-state index contributed by atoms with van der Waals surface area (Å²) in [6.45, 7) is 4.38. The van der Waals surface area contributed by atoms with Gasteiger partial charge in [0, 0.05) is 12.5 Å². The molecule has 136 valence electrons. The number of carboxylic acids is 1. The Labute approximate surface area is 142 Å². The molecule has 0 unspecified atom stereocenters. The molecule has 0 saturated carbocycles. The smallest absolute Gasteiger partial charge is 0.305 e. The van der Waals surface area contributed by atoms with Gasteiger partial charge >= 0.3 is 5.97 Å². The molecule has 0 radical (unpaired) electrons. The van der Waals surface area contributed by atoms with Crippen molar-refractivity contribution in [1.82, 2.24) is 10.2 Å². The predicted molar refractivity (Wildman–Crippen MR) is 88.3 cm³/mol. The first-order valence-electron chi connectivity index (χ1n) is 8.72. The van der Waals surface area contributed by atoms with Crippen molar-refractivity contribution >= 4 is 24.1 Å². The summed E-state index contributed by atoms with van der Waals surface area (Å²) in [5.41, 5.74) is 0. The van der Waals surface area contributed by atoms with E-state index in [-0.39, 0.29) is 11.8 Å². The van der Waals surface area contributed by atoms with E-state index in [1.165, 1.54) is 4.90 Å². The van der Waals surface area contributed by atoms with Gasteiger partial charge < -0.3 is 20.1 Å². The van der Waals surface area contributed by atoms with Crippen LogP contribution in [0.5, 0.6) is 0 Å². The molecule has 1 saturated heterocycles. The van der Waals surface area contributed by atoms with Crippen molar-refractivity contribution in [2.24, 2.45) is 5.92 Å². The standard InChI is InChI=1S/C17H28N2O5/c1-3-6-12(7-4-2)16(23)18-14(10-15(21)22)17(24)19-9-5-8-13(19)11-20/h11-14H,3-10H2,1-2H3,(H,18,23)(H,21,22)/t13-,14-/m0/s1. The Kier molecular flexibility index (Phi) is 8.43. The molecular formula is C17H28N2O5. The molecule has 1 heterocycles. The zero-order valence-electron chi connectivity index (χ0n) is 14.5. The lowest BCUT2D eigenvalue weighted by Crippen LogP contribution is -2.52. The number of hydrogen-bond donors (Lipinski definition) is 2. The number of rotatable bonds is 10. The van der Waals surface area contributed by atoms with Crippen LogP contribution in [0.4, 0.5) is 0 Å². The van der Waals surface area contributed by atoms with Crippen LogP contribution < -0.4 is 5.32 Å². The van der Waals surface area contributed by atoms with E-state index < -0.39 is 30.4 Å². The quantitative estimate of drug-likeness (QED) is 0.584. The summed E-state index contributed by atoms with van der Waals surface area (Å²) in [7, 11) is 0. The number of likely N-dealkylation sites (tertiary alicyclic amines) is 1. The minimum absolute atomic E-state index is 0.218. The zero-order chi connectivity index (χ0) is 18.1. The number of carbonyl (C=O) groups excluding carboxylic acids is 3. The van der Waals surface area contributed by atoms with Crippen molar-refractivity contribution in [3.05, 3.63) is 0 Å². The first kappa shape index (κ1) is 20.1. The van der Waals surface area contributed by atoms with E-state index in [2.05, 4.69) is 5.32 Å².